The Labute approximate surface area is 203 Å². The number of ether oxygens (including phenoxy) is 1. The summed E-state index contributed by atoms with van der Waals surface area (Å²) >= 11 is 0. The number of hydrogen-bond donors (Lipinski definition) is 1. The number of methoxy groups -OCH3 is 1. The van der Waals surface area contributed by atoms with Gasteiger partial charge in [0.05, 0.1) is 7.11 Å². The van der Waals surface area contributed by atoms with E-state index in [-0.39, 0.29) is 22.6 Å². The second-order valence-corrected chi connectivity index (χ2v) is 11.1. The highest BCUT2D eigenvalue weighted by Gasteiger charge is 2.24. The van der Waals surface area contributed by atoms with Crippen molar-refractivity contribution < 1.29 is 17.9 Å². The summed E-state index contributed by atoms with van der Waals surface area (Å²) in [4.78, 5) is 17.6. The second kappa shape index (κ2) is 11.2. The zero-order chi connectivity index (χ0) is 24.9. The maximum atomic E-state index is 12.8. The summed E-state index contributed by atoms with van der Waals surface area (Å²) in [6.07, 6.45) is 0.815. The Kier molecular flexibility index (Phi) is 8.57. The molecule has 1 saturated heterocycles. The molecule has 1 fully saturated rings. The number of hydrogen-bond acceptors (Lipinski definition) is 6. The minimum Gasteiger partial charge on any atom is -0.495 e. The molecular weight excluding hydrogens is 452 g/mol. The van der Waals surface area contributed by atoms with Crippen molar-refractivity contribution in [2.45, 2.75) is 31.2 Å². The highest BCUT2D eigenvalue weighted by atomic mass is 32.2. The van der Waals surface area contributed by atoms with E-state index in [0.29, 0.717) is 5.56 Å². The van der Waals surface area contributed by atoms with Gasteiger partial charge in [-0.15, -0.1) is 0 Å². The summed E-state index contributed by atoms with van der Waals surface area (Å²) in [5.41, 5.74) is 2.84. The molecule has 2 aromatic rings. The van der Waals surface area contributed by atoms with Crippen molar-refractivity contribution in [3.63, 3.8) is 0 Å². The number of carbonyl (C=O) groups excluding carboxylic acids is 1. The van der Waals surface area contributed by atoms with Crippen LogP contribution in [0.4, 0.5) is 5.69 Å². The Hall–Kier alpha value is -2.62. The Balaban J connectivity index is 1.53. The number of carbonyl (C=O) groups is 1. The van der Waals surface area contributed by atoms with E-state index < -0.39 is 10.0 Å². The summed E-state index contributed by atoms with van der Waals surface area (Å²) in [7, 11) is 0.568. The second-order valence-electron chi connectivity index (χ2n) is 8.98. The highest BCUT2D eigenvalue weighted by molar-refractivity contribution is 7.89. The molecule has 0 saturated carbocycles. The van der Waals surface area contributed by atoms with Crippen LogP contribution in [-0.2, 0) is 10.0 Å². The van der Waals surface area contributed by atoms with E-state index in [2.05, 4.69) is 46.3 Å². The van der Waals surface area contributed by atoms with E-state index in [4.69, 9.17) is 4.74 Å². The van der Waals surface area contributed by atoms with Gasteiger partial charge < -0.3 is 15.0 Å². The van der Waals surface area contributed by atoms with Gasteiger partial charge in [-0.05, 0) is 56.2 Å². The predicted molar refractivity (Wildman–Crippen MR) is 135 cm³/mol. The Bertz CT molecular complexity index is 1100. The molecule has 0 radical (unpaired) electrons. The average molecular weight is 489 g/mol. The number of sulfonamides is 1. The van der Waals surface area contributed by atoms with Crippen molar-refractivity contribution in [1.82, 2.24) is 14.5 Å². The third kappa shape index (κ3) is 6.28. The van der Waals surface area contributed by atoms with Crippen molar-refractivity contribution in [3.8, 4) is 5.75 Å². The number of amides is 1. The number of aryl methyl sites for hydroxylation is 1. The van der Waals surface area contributed by atoms with Crippen molar-refractivity contribution >= 4 is 21.6 Å². The van der Waals surface area contributed by atoms with Crippen LogP contribution in [0.1, 0.15) is 29.3 Å². The maximum absolute atomic E-state index is 12.8. The van der Waals surface area contributed by atoms with Gasteiger partial charge in [-0.2, -0.15) is 0 Å². The molecule has 1 atom stereocenters. The fourth-order valence-corrected chi connectivity index (χ4v) is 5.10. The average Bonchev–Trinajstić information content (AvgIpc) is 2.82. The van der Waals surface area contributed by atoms with Crippen LogP contribution in [0, 0.1) is 6.92 Å². The molecule has 1 N–H and O–H groups in total. The van der Waals surface area contributed by atoms with Gasteiger partial charge in [-0.1, -0.05) is 12.1 Å². The zero-order valence-electron chi connectivity index (χ0n) is 20.7. The van der Waals surface area contributed by atoms with Gasteiger partial charge in [0.15, 0.2) is 0 Å². The molecule has 1 amide bonds. The van der Waals surface area contributed by atoms with Crippen LogP contribution >= 0.6 is 0 Å². The van der Waals surface area contributed by atoms with Gasteiger partial charge >= 0.3 is 0 Å². The molecule has 1 heterocycles. The van der Waals surface area contributed by atoms with Crippen molar-refractivity contribution in [2.24, 2.45) is 0 Å². The van der Waals surface area contributed by atoms with Crippen LogP contribution in [0.5, 0.6) is 5.75 Å². The summed E-state index contributed by atoms with van der Waals surface area (Å²) in [6.45, 7) is 8.92. The number of nitrogens with zero attached hydrogens (tertiary/aromatic N) is 3. The van der Waals surface area contributed by atoms with Gasteiger partial charge in [0.1, 0.15) is 10.6 Å². The predicted octanol–water partition coefficient (Wildman–Crippen LogP) is 2.58. The molecule has 8 nitrogen and oxygen atoms in total. The number of benzene rings is 2. The summed E-state index contributed by atoms with van der Waals surface area (Å²) in [5, 5.41) is 3.00. The largest absolute Gasteiger partial charge is 0.495 e. The first-order valence-electron chi connectivity index (χ1n) is 11.6. The maximum Gasteiger partial charge on any atom is 0.251 e. The van der Waals surface area contributed by atoms with E-state index in [0.717, 1.165) is 43.4 Å². The standard InChI is InChI=1S/C25H36N4O4S/c1-19-7-6-8-22(17-19)29-15-13-28(14-16-29)12-11-20(2)26-25(30)21-9-10-23(33-5)24(18-21)34(31,32)27(3)4/h6-10,17-18,20H,11-16H2,1-5H3,(H,26,30). The molecule has 2 aromatic carbocycles. The van der Waals surface area contributed by atoms with E-state index in [9.17, 15) is 13.2 Å². The van der Waals surface area contributed by atoms with Crippen LogP contribution < -0.4 is 15.0 Å². The van der Waals surface area contributed by atoms with Crippen LogP contribution in [-0.4, -0.2) is 83.5 Å². The van der Waals surface area contributed by atoms with Crippen LogP contribution in [0.25, 0.3) is 0 Å². The molecule has 0 bridgehead atoms. The summed E-state index contributed by atoms with van der Waals surface area (Å²) < 4.78 is 31.5. The molecule has 1 aliphatic rings. The lowest BCUT2D eigenvalue weighted by molar-refractivity contribution is 0.0935. The molecule has 0 aromatic heterocycles. The Morgan fingerprint density at radius 3 is 2.44 bits per heavy atom. The van der Waals surface area contributed by atoms with Crippen molar-refractivity contribution in [2.75, 3.05) is 58.8 Å². The van der Waals surface area contributed by atoms with Crippen molar-refractivity contribution in [3.05, 3.63) is 53.6 Å². The van der Waals surface area contributed by atoms with E-state index in [1.807, 2.05) is 6.92 Å². The normalized spacial score (nSPS) is 15.9. The SMILES string of the molecule is COc1ccc(C(=O)NC(C)CCN2CCN(c3cccc(C)c3)CC2)cc1S(=O)(=O)N(C)C. The first kappa shape index (κ1) is 26.0. The minimum absolute atomic E-state index is 0.0215. The fraction of sp³-hybridized carbons (Fsp3) is 0.480. The zero-order valence-corrected chi connectivity index (χ0v) is 21.6. The number of nitrogens with one attached hydrogen (secondary N) is 1. The highest BCUT2D eigenvalue weighted by Crippen LogP contribution is 2.27. The molecule has 34 heavy (non-hydrogen) atoms. The third-order valence-corrected chi connectivity index (χ3v) is 8.02. The smallest absolute Gasteiger partial charge is 0.251 e. The molecule has 0 spiro atoms. The summed E-state index contributed by atoms with van der Waals surface area (Å²) in [6, 6.07) is 13.0. The molecule has 0 aliphatic carbocycles. The molecule has 1 unspecified atom stereocenters. The van der Waals surface area contributed by atoms with E-state index in [1.54, 1.807) is 6.07 Å². The topological polar surface area (TPSA) is 82.2 Å². The van der Waals surface area contributed by atoms with Gasteiger partial charge in [0.2, 0.25) is 10.0 Å². The Morgan fingerprint density at radius 2 is 1.82 bits per heavy atom. The Morgan fingerprint density at radius 1 is 1.12 bits per heavy atom. The number of anilines is 1. The lowest BCUT2D eigenvalue weighted by Crippen LogP contribution is -2.47. The lowest BCUT2D eigenvalue weighted by atomic mass is 10.1. The molecular formula is C25H36N4O4S. The van der Waals surface area contributed by atoms with Gasteiger partial charge in [0, 0.05) is 64.1 Å². The third-order valence-electron chi connectivity index (χ3n) is 6.18. The van der Waals surface area contributed by atoms with Crippen LogP contribution in [0.15, 0.2) is 47.4 Å². The fourth-order valence-electron chi connectivity index (χ4n) is 4.03. The van der Waals surface area contributed by atoms with Crippen LogP contribution in [0.3, 0.4) is 0 Å². The van der Waals surface area contributed by atoms with Crippen molar-refractivity contribution in [1.29, 1.82) is 0 Å². The monoisotopic (exact) mass is 488 g/mol. The quantitative estimate of drug-likeness (QED) is 0.584. The van der Waals surface area contributed by atoms with Gasteiger partial charge in [-0.25, -0.2) is 12.7 Å². The van der Waals surface area contributed by atoms with E-state index in [1.165, 1.54) is 44.6 Å². The van der Waals surface area contributed by atoms with Crippen LogP contribution in [0.2, 0.25) is 0 Å². The first-order chi connectivity index (χ1) is 16.1. The molecule has 1 aliphatic heterocycles. The lowest BCUT2D eigenvalue weighted by Gasteiger charge is -2.36. The first-order valence-corrected chi connectivity index (χ1v) is 13.0. The molecule has 9 heteroatoms. The number of rotatable bonds is 9. The number of piperazine rings is 1. The molecule has 3 rings (SSSR count). The van der Waals surface area contributed by atoms with E-state index >= 15 is 0 Å². The van der Waals surface area contributed by atoms with Gasteiger partial charge in [0.25, 0.3) is 5.91 Å². The summed E-state index contributed by atoms with van der Waals surface area (Å²) in [5.74, 6) is -0.0854. The minimum atomic E-state index is -3.74. The molecule has 186 valence electrons. The van der Waals surface area contributed by atoms with Gasteiger partial charge in [-0.3, -0.25) is 9.69 Å².